The van der Waals surface area contributed by atoms with Gasteiger partial charge in [-0.1, -0.05) is 28.1 Å². The normalized spacial score (nSPS) is 17.4. The second kappa shape index (κ2) is 8.20. The molecule has 28 heavy (non-hydrogen) atoms. The lowest BCUT2D eigenvalue weighted by molar-refractivity contribution is 0.142. The van der Waals surface area contributed by atoms with Crippen LogP contribution < -0.4 is 10.5 Å². The molecule has 0 bridgehead atoms. The van der Waals surface area contributed by atoms with E-state index in [2.05, 4.69) is 42.9 Å². The Labute approximate surface area is 171 Å². The average Bonchev–Trinajstić information content (AvgIpc) is 2.97. The highest BCUT2D eigenvalue weighted by Crippen LogP contribution is 2.25. The van der Waals surface area contributed by atoms with Gasteiger partial charge >= 0.3 is 0 Å². The SMILES string of the molecule is Cn1c(N2CCOC[C@@H](c3ccc(Br)cc3)C2)nc(-c2ccncn2)cc1=O. The number of hydrogen-bond donors (Lipinski definition) is 0. The van der Waals surface area contributed by atoms with Gasteiger partial charge in [0.15, 0.2) is 0 Å². The number of halogens is 1. The van der Waals surface area contributed by atoms with Gasteiger partial charge in [-0.25, -0.2) is 15.0 Å². The Morgan fingerprint density at radius 3 is 2.75 bits per heavy atom. The van der Waals surface area contributed by atoms with Crippen LogP contribution in [0, 0.1) is 0 Å². The highest BCUT2D eigenvalue weighted by Gasteiger charge is 2.23. The van der Waals surface area contributed by atoms with Crippen molar-refractivity contribution in [1.29, 1.82) is 0 Å². The lowest BCUT2D eigenvalue weighted by Crippen LogP contribution is -2.35. The second-order valence-electron chi connectivity index (χ2n) is 6.70. The summed E-state index contributed by atoms with van der Waals surface area (Å²) in [6, 6.07) is 11.5. The van der Waals surface area contributed by atoms with E-state index in [4.69, 9.17) is 9.72 Å². The predicted octanol–water partition coefficient (Wildman–Crippen LogP) is 2.62. The molecule has 1 atom stereocenters. The zero-order valence-corrected chi connectivity index (χ0v) is 17.0. The molecule has 0 aliphatic carbocycles. The van der Waals surface area contributed by atoms with Gasteiger partial charge in [0.2, 0.25) is 5.95 Å². The first kappa shape index (κ1) is 18.8. The third-order valence-corrected chi connectivity index (χ3v) is 5.37. The Balaban J connectivity index is 1.69. The maximum Gasteiger partial charge on any atom is 0.255 e. The van der Waals surface area contributed by atoms with Crippen LogP contribution in [0.2, 0.25) is 0 Å². The first-order valence-electron chi connectivity index (χ1n) is 9.04. The number of ether oxygens (including phenoxy) is 1. The fourth-order valence-electron chi connectivity index (χ4n) is 3.31. The van der Waals surface area contributed by atoms with E-state index >= 15 is 0 Å². The minimum atomic E-state index is -0.121. The van der Waals surface area contributed by atoms with Gasteiger partial charge in [0.1, 0.15) is 6.33 Å². The van der Waals surface area contributed by atoms with Crippen molar-refractivity contribution in [3.05, 3.63) is 69.3 Å². The molecule has 1 aromatic carbocycles. The van der Waals surface area contributed by atoms with E-state index in [1.807, 2.05) is 12.1 Å². The maximum atomic E-state index is 12.6. The van der Waals surface area contributed by atoms with Gasteiger partial charge in [-0.15, -0.1) is 0 Å². The van der Waals surface area contributed by atoms with Gasteiger partial charge in [0.25, 0.3) is 5.56 Å². The molecule has 8 heteroatoms. The van der Waals surface area contributed by atoms with E-state index in [0.717, 1.165) is 11.0 Å². The van der Waals surface area contributed by atoms with E-state index < -0.39 is 0 Å². The summed E-state index contributed by atoms with van der Waals surface area (Å²) in [6.07, 6.45) is 3.10. The monoisotopic (exact) mass is 441 g/mol. The minimum absolute atomic E-state index is 0.121. The van der Waals surface area contributed by atoms with Crippen molar-refractivity contribution in [3.8, 4) is 11.4 Å². The molecular formula is C20H20BrN5O2. The zero-order chi connectivity index (χ0) is 19.5. The van der Waals surface area contributed by atoms with E-state index in [1.165, 1.54) is 18.0 Å². The van der Waals surface area contributed by atoms with Crippen molar-refractivity contribution < 1.29 is 4.74 Å². The van der Waals surface area contributed by atoms with Crippen LogP contribution in [-0.4, -0.2) is 45.8 Å². The molecule has 0 radical (unpaired) electrons. The first-order valence-corrected chi connectivity index (χ1v) is 9.84. The van der Waals surface area contributed by atoms with Crippen molar-refractivity contribution in [2.24, 2.45) is 7.05 Å². The van der Waals surface area contributed by atoms with Crippen molar-refractivity contribution >= 4 is 21.9 Å². The molecule has 4 rings (SSSR count). The van der Waals surface area contributed by atoms with E-state index in [9.17, 15) is 4.79 Å². The molecular weight excluding hydrogens is 422 g/mol. The Morgan fingerprint density at radius 2 is 2.00 bits per heavy atom. The summed E-state index contributed by atoms with van der Waals surface area (Å²) in [5.74, 6) is 0.809. The van der Waals surface area contributed by atoms with Gasteiger partial charge in [-0.2, -0.15) is 0 Å². The maximum absolute atomic E-state index is 12.6. The Kier molecular flexibility index (Phi) is 5.50. The van der Waals surface area contributed by atoms with Crippen LogP contribution in [0.1, 0.15) is 11.5 Å². The van der Waals surface area contributed by atoms with Gasteiger partial charge in [-0.05, 0) is 23.8 Å². The molecule has 144 valence electrons. The summed E-state index contributed by atoms with van der Waals surface area (Å²) < 4.78 is 8.46. The second-order valence-corrected chi connectivity index (χ2v) is 7.62. The Hall–Kier alpha value is -2.58. The molecule has 0 N–H and O–H groups in total. The van der Waals surface area contributed by atoms with Crippen LogP contribution in [-0.2, 0) is 11.8 Å². The first-order chi connectivity index (χ1) is 13.6. The Bertz CT molecular complexity index is 1010. The molecule has 1 saturated heterocycles. The van der Waals surface area contributed by atoms with Crippen LogP contribution in [0.5, 0.6) is 0 Å². The molecule has 1 fully saturated rings. The molecule has 0 amide bonds. The number of hydrogen-bond acceptors (Lipinski definition) is 6. The molecule has 2 aromatic heterocycles. The highest BCUT2D eigenvalue weighted by atomic mass is 79.9. The lowest BCUT2D eigenvalue weighted by Gasteiger charge is -2.26. The molecule has 0 saturated carbocycles. The fraction of sp³-hybridized carbons (Fsp3) is 0.300. The summed E-state index contributed by atoms with van der Waals surface area (Å²) in [5.41, 5.74) is 2.26. The van der Waals surface area contributed by atoms with Gasteiger partial charge in [0, 0.05) is 42.8 Å². The van der Waals surface area contributed by atoms with Gasteiger partial charge in [-0.3, -0.25) is 9.36 Å². The van der Waals surface area contributed by atoms with Crippen LogP contribution in [0.4, 0.5) is 5.95 Å². The standard InChI is InChI=1S/C20H20BrN5O2/c1-25-19(27)10-18(17-6-7-22-13-23-17)24-20(25)26-8-9-28-12-15(11-26)14-2-4-16(21)5-3-14/h2-7,10,13,15H,8-9,11-12H2,1H3/t15-/m0/s1. The molecule has 7 nitrogen and oxygen atoms in total. The largest absolute Gasteiger partial charge is 0.379 e. The summed E-state index contributed by atoms with van der Waals surface area (Å²) in [5, 5.41) is 0. The number of aromatic nitrogens is 4. The number of anilines is 1. The number of benzene rings is 1. The fourth-order valence-corrected chi connectivity index (χ4v) is 3.58. The number of nitrogens with zero attached hydrogens (tertiary/aromatic N) is 5. The topological polar surface area (TPSA) is 73.1 Å². The summed E-state index contributed by atoms with van der Waals surface area (Å²) in [4.78, 5) is 27.6. The van der Waals surface area contributed by atoms with Crippen molar-refractivity contribution in [2.75, 3.05) is 31.2 Å². The quantitative estimate of drug-likeness (QED) is 0.621. The third-order valence-electron chi connectivity index (χ3n) is 4.85. The molecule has 3 heterocycles. The van der Waals surface area contributed by atoms with Crippen molar-refractivity contribution in [3.63, 3.8) is 0 Å². The van der Waals surface area contributed by atoms with Crippen LogP contribution in [0.3, 0.4) is 0 Å². The van der Waals surface area contributed by atoms with Crippen LogP contribution in [0.15, 0.2) is 58.2 Å². The molecule has 0 spiro atoms. The third kappa shape index (κ3) is 3.98. The molecule has 1 aliphatic rings. The predicted molar refractivity (Wildman–Crippen MR) is 110 cm³/mol. The zero-order valence-electron chi connectivity index (χ0n) is 15.5. The summed E-state index contributed by atoms with van der Waals surface area (Å²) >= 11 is 3.48. The van der Waals surface area contributed by atoms with E-state index in [0.29, 0.717) is 37.1 Å². The average molecular weight is 442 g/mol. The van der Waals surface area contributed by atoms with Crippen molar-refractivity contribution in [2.45, 2.75) is 5.92 Å². The minimum Gasteiger partial charge on any atom is -0.379 e. The number of rotatable bonds is 3. The molecule has 0 unspecified atom stereocenters. The van der Waals surface area contributed by atoms with Crippen LogP contribution >= 0.6 is 15.9 Å². The Morgan fingerprint density at radius 1 is 1.18 bits per heavy atom. The summed E-state index contributed by atoms with van der Waals surface area (Å²) in [6.45, 7) is 2.61. The summed E-state index contributed by atoms with van der Waals surface area (Å²) in [7, 11) is 1.74. The van der Waals surface area contributed by atoms with Crippen LogP contribution in [0.25, 0.3) is 11.4 Å². The van der Waals surface area contributed by atoms with Gasteiger partial charge in [0.05, 0.1) is 24.6 Å². The lowest BCUT2D eigenvalue weighted by atomic mass is 10.00. The smallest absolute Gasteiger partial charge is 0.255 e. The van der Waals surface area contributed by atoms with E-state index in [1.54, 1.807) is 23.9 Å². The van der Waals surface area contributed by atoms with Crippen molar-refractivity contribution in [1.82, 2.24) is 19.5 Å². The van der Waals surface area contributed by atoms with E-state index in [-0.39, 0.29) is 11.5 Å². The highest BCUT2D eigenvalue weighted by molar-refractivity contribution is 9.10. The van der Waals surface area contributed by atoms with Gasteiger partial charge < -0.3 is 9.64 Å². The molecule has 3 aromatic rings. The molecule has 1 aliphatic heterocycles.